The fourth-order valence-electron chi connectivity index (χ4n) is 0.843. The highest BCUT2D eigenvalue weighted by molar-refractivity contribution is 4.81. The number of hydrogen-bond donors (Lipinski definition) is 1. The smallest absolute Gasteiger partial charge is 0.104 e. The van der Waals surface area contributed by atoms with Crippen LogP contribution in [0.3, 0.4) is 0 Å². The molecule has 0 saturated carbocycles. The predicted octanol–water partition coefficient (Wildman–Crippen LogP) is -0.0347. The van der Waals surface area contributed by atoms with E-state index < -0.39 is 0 Å². The second-order valence-electron chi connectivity index (χ2n) is 2.86. The number of aliphatic hydroxyl groups excluding tert-OH is 1. The molecule has 0 aromatic carbocycles. The summed E-state index contributed by atoms with van der Waals surface area (Å²) in [5, 5.41) is 8.47. The van der Waals surface area contributed by atoms with Crippen molar-refractivity contribution in [2.24, 2.45) is 0 Å². The minimum Gasteiger partial charge on any atom is -0.394 e. The van der Waals surface area contributed by atoms with Crippen LogP contribution >= 0.6 is 0 Å². The normalized spacial score (nSPS) is 22.7. The Bertz CT molecular complexity index is 145. The number of epoxide rings is 1. The van der Waals surface area contributed by atoms with Gasteiger partial charge in [0.25, 0.3) is 0 Å². The van der Waals surface area contributed by atoms with Crippen molar-refractivity contribution in [3.05, 3.63) is 12.7 Å². The zero-order chi connectivity index (χ0) is 9.52. The topological polar surface area (TPSA) is 51.2 Å². The zero-order valence-corrected chi connectivity index (χ0v) is 7.65. The standard InChI is InChI=1S/C9H16O4/c1-2-8(5-11-4-3-10)12-6-9-7-13-9/h2,8-10H,1,3-7H2. The zero-order valence-electron chi connectivity index (χ0n) is 7.65. The average Bonchev–Trinajstić information content (AvgIpc) is 2.94. The molecule has 1 aliphatic rings. The predicted molar refractivity (Wildman–Crippen MR) is 47.6 cm³/mol. The molecule has 0 bridgehead atoms. The number of ether oxygens (including phenoxy) is 3. The van der Waals surface area contributed by atoms with Crippen LogP contribution in [0.4, 0.5) is 0 Å². The van der Waals surface area contributed by atoms with E-state index in [4.69, 9.17) is 19.3 Å². The SMILES string of the molecule is C=CC(COCCO)OCC1CO1. The molecule has 0 aliphatic carbocycles. The van der Waals surface area contributed by atoms with E-state index in [1.165, 1.54) is 0 Å². The molecule has 1 saturated heterocycles. The van der Waals surface area contributed by atoms with Gasteiger partial charge in [0.15, 0.2) is 0 Å². The molecule has 0 aromatic heterocycles. The van der Waals surface area contributed by atoms with Crippen molar-refractivity contribution >= 4 is 0 Å². The molecule has 2 atom stereocenters. The van der Waals surface area contributed by atoms with Crippen LogP contribution in [0.25, 0.3) is 0 Å². The van der Waals surface area contributed by atoms with Crippen molar-refractivity contribution < 1.29 is 19.3 Å². The molecular weight excluding hydrogens is 172 g/mol. The van der Waals surface area contributed by atoms with Crippen molar-refractivity contribution in [3.63, 3.8) is 0 Å². The van der Waals surface area contributed by atoms with Crippen LogP contribution in [0.15, 0.2) is 12.7 Å². The van der Waals surface area contributed by atoms with Gasteiger partial charge in [-0.15, -0.1) is 6.58 Å². The van der Waals surface area contributed by atoms with E-state index in [0.717, 1.165) is 6.61 Å². The Hall–Kier alpha value is -0.420. The Labute approximate surface area is 78.1 Å². The Morgan fingerprint density at radius 2 is 2.46 bits per heavy atom. The molecule has 0 spiro atoms. The third-order valence-electron chi connectivity index (χ3n) is 1.68. The first-order valence-electron chi connectivity index (χ1n) is 4.41. The molecule has 13 heavy (non-hydrogen) atoms. The van der Waals surface area contributed by atoms with Crippen LogP contribution in [-0.2, 0) is 14.2 Å². The van der Waals surface area contributed by atoms with Crippen LogP contribution in [0.2, 0.25) is 0 Å². The lowest BCUT2D eigenvalue weighted by molar-refractivity contribution is -0.00548. The molecule has 0 amide bonds. The minimum atomic E-state index is -0.101. The lowest BCUT2D eigenvalue weighted by atomic mass is 10.3. The van der Waals surface area contributed by atoms with Gasteiger partial charge in [0.2, 0.25) is 0 Å². The quantitative estimate of drug-likeness (QED) is 0.330. The minimum absolute atomic E-state index is 0.0373. The van der Waals surface area contributed by atoms with E-state index in [1.807, 2.05) is 0 Å². The Morgan fingerprint density at radius 1 is 1.69 bits per heavy atom. The molecule has 4 heteroatoms. The van der Waals surface area contributed by atoms with E-state index in [9.17, 15) is 0 Å². The number of hydrogen-bond acceptors (Lipinski definition) is 4. The summed E-state index contributed by atoms with van der Waals surface area (Å²) in [5.74, 6) is 0. The monoisotopic (exact) mass is 188 g/mol. The molecule has 1 fully saturated rings. The van der Waals surface area contributed by atoms with E-state index >= 15 is 0 Å². The third-order valence-corrected chi connectivity index (χ3v) is 1.68. The Morgan fingerprint density at radius 3 is 3.00 bits per heavy atom. The molecule has 1 aliphatic heterocycles. The largest absolute Gasteiger partial charge is 0.394 e. The van der Waals surface area contributed by atoms with Crippen LogP contribution < -0.4 is 0 Å². The van der Waals surface area contributed by atoms with Gasteiger partial charge in [-0.05, 0) is 0 Å². The van der Waals surface area contributed by atoms with E-state index in [-0.39, 0.29) is 18.8 Å². The highest BCUT2D eigenvalue weighted by Gasteiger charge is 2.23. The summed E-state index contributed by atoms with van der Waals surface area (Å²) in [4.78, 5) is 0. The highest BCUT2D eigenvalue weighted by atomic mass is 16.6. The first kappa shape index (κ1) is 10.7. The average molecular weight is 188 g/mol. The maximum atomic E-state index is 8.47. The summed E-state index contributed by atoms with van der Waals surface area (Å²) in [7, 11) is 0. The summed E-state index contributed by atoms with van der Waals surface area (Å²) >= 11 is 0. The summed E-state index contributed by atoms with van der Waals surface area (Å²) in [5.41, 5.74) is 0. The maximum Gasteiger partial charge on any atom is 0.104 e. The van der Waals surface area contributed by atoms with Crippen molar-refractivity contribution in [2.45, 2.75) is 12.2 Å². The van der Waals surface area contributed by atoms with Gasteiger partial charge in [0, 0.05) is 0 Å². The van der Waals surface area contributed by atoms with Crippen molar-refractivity contribution in [1.82, 2.24) is 0 Å². The molecule has 4 nitrogen and oxygen atoms in total. The van der Waals surface area contributed by atoms with Crippen LogP contribution in [-0.4, -0.2) is 50.3 Å². The maximum absolute atomic E-state index is 8.47. The van der Waals surface area contributed by atoms with Gasteiger partial charge in [0.05, 0.1) is 39.1 Å². The van der Waals surface area contributed by atoms with Gasteiger partial charge in [-0.3, -0.25) is 0 Å². The van der Waals surface area contributed by atoms with E-state index in [1.54, 1.807) is 6.08 Å². The summed E-state index contributed by atoms with van der Waals surface area (Å²) in [6, 6.07) is 0. The lowest BCUT2D eigenvalue weighted by Gasteiger charge is -2.12. The fraction of sp³-hybridized carbons (Fsp3) is 0.778. The van der Waals surface area contributed by atoms with Gasteiger partial charge in [-0.1, -0.05) is 6.08 Å². The fourth-order valence-corrected chi connectivity index (χ4v) is 0.843. The number of rotatable bonds is 8. The molecule has 1 heterocycles. The second-order valence-corrected chi connectivity index (χ2v) is 2.86. The van der Waals surface area contributed by atoms with Crippen LogP contribution in [0.5, 0.6) is 0 Å². The first-order valence-corrected chi connectivity index (χ1v) is 4.41. The highest BCUT2D eigenvalue weighted by Crippen LogP contribution is 2.10. The van der Waals surface area contributed by atoms with Gasteiger partial charge < -0.3 is 19.3 Å². The van der Waals surface area contributed by atoms with E-state index in [2.05, 4.69) is 6.58 Å². The molecule has 0 radical (unpaired) electrons. The molecule has 1 rings (SSSR count). The Balaban J connectivity index is 1.99. The van der Waals surface area contributed by atoms with Crippen LogP contribution in [0, 0.1) is 0 Å². The van der Waals surface area contributed by atoms with Gasteiger partial charge in [0.1, 0.15) is 6.10 Å². The lowest BCUT2D eigenvalue weighted by Crippen LogP contribution is -2.20. The molecule has 2 unspecified atom stereocenters. The Kier molecular flexibility index (Phi) is 5.00. The summed E-state index contributed by atoms with van der Waals surface area (Å²) in [6.07, 6.45) is 1.86. The van der Waals surface area contributed by atoms with Gasteiger partial charge in [-0.25, -0.2) is 0 Å². The first-order chi connectivity index (χ1) is 6.36. The summed E-state index contributed by atoms with van der Waals surface area (Å²) < 4.78 is 15.5. The van der Waals surface area contributed by atoms with Gasteiger partial charge >= 0.3 is 0 Å². The third kappa shape index (κ3) is 5.00. The van der Waals surface area contributed by atoms with E-state index in [0.29, 0.717) is 19.8 Å². The molecular formula is C9H16O4. The van der Waals surface area contributed by atoms with Gasteiger partial charge in [-0.2, -0.15) is 0 Å². The van der Waals surface area contributed by atoms with Crippen molar-refractivity contribution in [1.29, 1.82) is 0 Å². The number of aliphatic hydroxyl groups is 1. The molecule has 0 aromatic rings. The second kappa shape index (κ2) is 6.10. The van der Waals surface area contributed by atoms with Crippen LogP contribution in [0.1, 0.15) is 0 Å². The summed E-state index contributed by atoms with van der Waals surface area (Å²) in [6.45, 7) is 5.84. The molecule has 76 valence electrons. The van der Waals surface area contributed by atoms with Crippen molar-refractivity contribution in [2.75, 3.05) is 33.0 Å². The molecule has 1 N–H and O–H groups in total. The van der Waals surface area contributed by atoms with Crippen molar-refractivity contribution in [3.8, 4) is 0 Å².